The molecule has 0 unspecified atom stereocenters. The van der Waals surface area contributed by atoms with Crippen LogP contribution in [0.1, 0.15) is 25.1 Å². The largest absolute Gasteiger partial charge is 0.418 e. The van der Waals surface area contributed by atoms with Gasteiger partial charge in [-0.1, -0.05) is 0 Å². The van der Waals surface area contributed by atoms with E-state index in [0.717, 1.165) is 6.07 Å². The molecule has 0 aliphatic rings. The highest BCUT2D eigenvalue weighted by Crippen LogP contribution is 2.30. The van der Waals surface area contributed by atoms with E-state index in [1.165, 1.54) is 12.3 Å². The van der Waals surface area contributed by atoms with E-state index in [4.69, 9.17) is 5.11 Å². The number of nitrogens with zero attached hydrogens (tertiary/aromatic N) is 1. The van der Waals surface area contributed by atoms with Gasteiger partial charge in [-0.25, -0.2) is 0 Å². The van der Waals surface area contributed by atoms with Gasteiger partial charge in [0.05, 0.1) is 17.9 Å². The summed E-state index contributed by atoms with van der Waals surface area (Å²) in [6.07, 6.45) is -3.09. The summed E-state index contributed by atoms with van der Waals surface area (Å²) in [5.41, 5.74) is -1.46. The van der Waals surface area contributed by atoms with Crippen LogP contribution in [0.25, 0.3) is 0 Å². The summed E-state index contributed by atoms with van der Waals surface area (Å²) < 4.78 is 37.9. The Balaban J connectivity index is 2.85. The van der Waals surface area contributed by atoms with Crippen LogP contribution >= 0.6 is 0 Å². The molecule has 1 rings (SSSR count). The zero-order valence-corrected chi connectivity index (χ0v) is 9.67. The summed E-state index contributed by atoms with van der Waals surface area (Å²) in [4.78, 5) is 3.72. The molecular formula is C11H15F3N2O. The predicted octanol–water partition coefficient (Wildman–Crippen LogP) is 1.96. The van der Waals surface area contributed by atoms with Crippen molar-refractivity contribution in [2.75, 3.05) is 6.61 Å². The number of hydrogen-bond acceptors (Lipinski definition) is 3. The van der Waals surface area contributed by atoms with Crippen LogP contribution in [0.5, 0.6) is 0 Å². The predicted molar refractivity (Wildman–Crippen MR) is 57.2 cm³/mol. The molecule has 6 heteroatoms. The molecule has 0 atom stereocenters. The average Bonchev–Trinajstić information content (AvgIpc) is 2.26. The highest BCUT2D eigenvalue weighted by molar-refractivity contribution is 5.23. The number of nitrogens with one attached hydrogen (secondary N) is 1. The average molecular weight is 248 g/mol. The maximum atomic E-state index is 12.6. The number of rotatable bonds is 4. The number of aromatic nitrogens is 1. The van der Waals surface area contributed by atoms with Gasteiger partial charge in [-0.3, -0.25) is 4.98 Å². The minimum absolute atomic E-state index is 0.0384. The van der Waals surface area contributed by atoms with Crippen molar-refractivity contribution in [2.24, 2.45) is 0 Å². The first kappa shape index (κ1) is 13.9. The summed E-state index contributed by atoms with van der Waals surface area (Å²) in [7, 11) is 0. The van der Waals surface area contributed by atoms with Gasteiger partial charge in [-0.15, -0.1) is 0 Å². The Morgan fingerprint density at radius 3 is 2.53 bits per heavy atom. The molecule has 0 spiro atoms. The van der Waals surface area contributed by atoms with Gasteiger partial charge in [-0.2, -0.15) is 13.2 Å². The van der Waals surface area contributed by atoms with E-state index in [1.807, 2.05) is 0 Å². The lowest BCUT2D eigenvalue weighted by Gasteiger charge is -2.24. The lowest BCUT2D eigenvalue weighted by molar-refractivity contribution is -0.138. The molecule has 0 bridgehead atoms. The Kier molecular flexibility index (Phi) is 4.11. The van der Waals surface area contributed by atoms with E-state index in [0.29, 0.717) is 0 Å². The minimum Gasteiger partial charge on any atom is -0.394 e. The van der Waals surface area contributed by atoms with Crippen LogP contribution in [0.4, 0.5) is 13.2 Å². The van der Waals surface area contributed by atoms with Crippen LogP contribution in [-0.2, 0) is 12.7 Å². The molecule has 1 aromatic heterocycles. The Bertz CT molecular complexity index is 377. The third-order valence-electron chi connectivity index (χ3n) is 2.33. The quantitative estimate of drug-likeness (QED) is 0.856. The summed E-state index contributed by atoms with van der Waals surface area (Å²) in [5, 5.41) is 11.8. The van der Waals surface area contributed by atoms with Gasteiger partial charge in [0.25, 0.3) is 0 Å². The fourth-order valence-electron chi connectivity index (χ4n) is 1.22. The maximum Gasteiger partial charge on any atom is 0.418 e. The Hall–Kier alpha value is -1.14. The third-order valence-corrected chi connectivity index (χ3v) is 2.33. The second kappa shape index (κ2) is 5.01. The van der Waals surface area contributed by atoms with Gasteiger partial charge in [0.2, 0.25) is 0 Å². The number of aliphatic hydroxyl groups is 1. The van der Waals surface area contributed by atoms with Crippen molar-refractivity contribution in [3.05, 3.63) is 29.6 Å². The van der Waals surface area contributed by atoms with Gasteiger partial charge in [-0.05, 0) is 26.0 Å². The maximum absolute atomic E-state index is 12.6. The second-order valence-electron chi connectivity index (χ2n) is 4.39. The van der Waals surface area contributed by atoms with Crippen molar-refractivity contribution in [3.63, 3.8) is 0 Å². The van der Waals surface area contributed by atoms with Crippen molar-refractivity contribution in [1.29, 1.82) is 0 Å². The van der Waals surface area contributed by atoms with Crippen LogP contribution in [-0.4, -0.2) is 22.2 Å². The van der Waals surface area contributed by atoms with Crippen molar-refractivity contribution < 1.29 is 18.3 Å². The number of halogens is 3. The summed E-state index contributed by atoms with van der Waals surface area (Å²) >= 11 is 0. The molecular weight excluding hydrogens is 233 g/mol. The molecule has 0 aromatic carbocycles. The summed E-state index contributed by atoms with van der Waals surface area (Å²) in [6.45, 7) is 3.19. The molecule has 0 saturated heterocycles. The molecule has 1 heterocycles. The van der Waals surface area contributed by atoms with Gasteiger partial charge < -0.3 is 10.4 Å². The Morgan fingerprint density at radius 1 is 1.35 bits per heavy atom. The van der Waals surface area contributed by atoms with Crippen LogP contribution in [0.15, 0.2) is 18.3 Å². The first-order chi connectivity index (χ1) is 7.76. The zero-order valence-electron chi connectivity index (χ0n) is 9.67. The molecule has 0 fully saturated rings. The number of pyridine rings is 1. The standard InChI is InChI=1S/C11H15F3N2O/c1-10(2,7-17)16-6-9-8(11(12,13)14)4-3-5-15-9/h3-5,16-17H,6-7H2,1-2H3. The highest BCUT2D eigenvalue weighted by atomic mass is 19.4. The molecule has 3 nitrogen and oxygen atoms in total. The topological polar surface area (TPSA) is 45.1 Å². The van der Waals surface area contributed by atoms with Crippen molar-refractivity contribution in [2.45, 2.75) is 32.1 Å². The molecule has 0 aliphatic heterocycles. The molecule has 96 valence electrons. The van der Waals surface area contributed by atoms with E-state index in [-0.39, 0.29) is 18.8 Å². The fraction of sp³-hybridized carbons (Fsp3) is 0.545. The lowest BCUT2D eigenvalue weighted by atomic mass is 10.1. The molecule has 2 N–H and O–H groups in total. The number of alkyl halides is 3. The molecule has 0 radical (unpaired) electrons. The molecule has 1 aromatic rings. The zero-order chi connectivity index (χ0) is 13.1. The van der Waals surface area contributed by atoms with Gasteiger partial charge >= 0.3 is 6.18 Å². The van der Waals surface area contributed by atoms with Gasteiger partial charge in [0.1, 0.15) is 0 Å². The van der Waals surface area contributed by atoms with E-state index in [9.17, 15) is 13.2 Å². The molecule has 0 aliphatic carbocycles. The Labute approximate surface area is 97.7 Å². The van der Waals surface area contributed by atoms with E-state index in [2.05, 4.69) is 10.3 Å². The first-order valence-electron chi connectivity index (χ1n) is 5.13. The molecule has 17 heavy (non-hydrogen) atoms. The summed E-state index contributed by atoms with van der Waals surface area (Å²) in [6, 6.07) is 2.25. The van der Waals surface area contributed by atoms with Gasteiger partial charge in [0, 0.05) is 18.3 Å². The van der Waals surface area contributed by atoms with Crippen LogP contribution in [0, 0.1) is 0 Å². The van der Waals surface area contributed by atoms with E-state index in [1.54, 1.807) is 13.8 Å². The van der Waals surface area contributed by atoms with Crippen LogP contribution < -0.4 is 5.32 Å². The SMILES string of the molecule is CC(C)(CO)NCc1ncccc1C(F)(F)F. The monoisotopic (exact) mass is 248 g/mol. The van der Waals surface area contributed by atoms with Crippen molar-refractivity contribution >= 4 is 0 Å². The fourth-order valence-corrected chi connectivity index (χ4v) is 1.22. The van der Waals surface area contributed by atoms with Crippen molar-refractivity contribution in [1.82, 2.24) is 10.3 Å². The number of hydrogen-bond donors (Lipinski definition) is 2. The van der Waals surface area contributed by atoms with Gasteiger partial charge in [0.15, 0.2) is 0 Å². The molecule has 0 saturated carbocycles. The Morgan fingerprint density at radius 2 is 2.00 bits per heavy atom. The summed E-state index contributed by atoms with van der Waals surface area (Å²) in [5.74, 6) is 0. The minimum atomic E-state index is -4.41. The van der Waals surface area contributed by atoms with E-state index >= 15 is 0 Å². The molecule has 0 amide bonds. The van der Waals surface area contributed by atoms with Crippen LogP contribution in [0.2, 0.25) is 0 Å². The first-order valence-corrected chi connectivity index (χ1v) is 5.13. The lowest BCUT2D eigenvalue weighted by Crippen LogP contribution is -2.42. The van der Waals surface area contributed by atoms with Crippen LogP contribution in [0.3, 0.4) is 0 Å². The number of aliphatic hydroxyl groups excluding tert-OH is 1. The normalized spacial score (nSPS) is 12.8. The second-order valence-corrected chi connectivity index (χ2v) is 4.39. The third kappa shape index (κ3) is 3.98. The van der Waals surface area contributed by atoms with Crippen molar-refractivity contribution in [3.8, 4) is 0 Å². The van der Waals surface area contributed by atoms with E-state index < -0.39 is 17.3 Å². The smallest absolute Gasteiger partial charge is 0.394 e. The highest BCUT2D eigenvalue weighted by Gasteiger charge is 2.33.